The van der Waals surface area contributed by atoms with Crippen LogP contribution in [0.3, 0.4) is 0 Å². The molecule has 1 aromatic carbocycles. The number of likely N-dealkylation sites (N-methyl/N-ethyl adjacent to an activating group) is 1. The van der Waals surface area contributed by atoms with Gasteiger partial charge in [-0.05, 0) is 49.4 Å². The first-order chi connectivity index (χ1) is 15.9. The van der Waals surface area contributed by atoms with E-state index in [0.717, 1.165) is 0 Å². The molecule has 170 valence electrons. The van der Waals surface area contributed by atoms with Crippen molar-refractivity contribution in [3.05, 3.63) is 65.0 Å². The summed E-state index contributed by atoms with van der Waals surface area (Å²) >= 11 is 5.84. The predicted octanol–water partition coefficient (Wildman–Crippen LogP) is 4.14. The zero-order chi connectivity index (χ0) is 23.4. The van der Waals surface area contributed by atoms with Crippen LogP contribution >= 0.6 is 11.6 Å². The normalized spacial score (nSPS) is 10.9. The first-order valence-electron chi connectivity index (χ1n) is 10.0. The molecule has 9 nitrogen and oxygen atoms in total. The van der Waals surface area contributed by atoms with Crippen LogP contribution in [0.15, 0.2) is 57.7 Å². The Balaban J connectivity index is 1.38. The number of halogens is 1. The monoisotopic (exact) mass is 469 g/mol. The van der Waals surface area contributed by atoms with Crippen molar-refractivity contribution in [2.45, 2.75) is 6.92 Å². The summed E-state index contributed by atoms with van der Waals surface area (Å²) in [6.07, 6.45) is 1.50. The molecule has 0 unspecified atom stereocenters. The van der Waals surface area contributed by atoms with E-state index in [2.05, 4.69) is 10.1 Å². The van der Waals surface area contributed by atoms with Gasteiger partial charge in [-0.1, -0.05) is 16.8 Å². The maximum Gasteiger partial charge on any atom is 0.339 e. The second kappa shape index (κ2) is 9.74. The molecular formula is C23H20ClN3O6. The molecule has 0 spiro atoms. The van der Waals surface area contributed by atoms with E-state index >= 15 is 0 Å². The maximum absolute atomic E-state index is 12.8. The zero-order valence-corrected chi connectivity index (χ0v) is 18.7. The van der Waals surface area contributed by atoms with Gasteiger partial charge in [0.05, 0.1) is 29.5 Å². The van der Waals surface area contributed by atoms with Crippen LogP contribution in [0, 0.1) is 6.92 Å². The van der Waals surface area contributed by atoms with Gasteiger partial charge in [0.1, 0.15) is 18.1 Å². The molecule has 0 saturated carbocycles. The Morgan fingerprint density at radius 3 is 2.70 bits per heavy atom. The molecule has 3 heterocycles. The number of furan rings is 1. The minimum atomic E-state index is -0.694. The Morgan fingerprint density at radius 1 is 1.18 bits per heavy atom. The Bertz CT molecular complexity index is 1270. The van der Waals surface area contributed by atoms with E-state index in [1.165, 1.54) is 17.2 Å². The van der Waals surface area contributed by atoms with Gasteiger partial charge in [-0.25, -0.2) is 9.78 Å². The lowest BCUT2D eigenvalue weighted by Gasteiger charge is -2.17. The molecular weight excluding hydrogens is 450 g/mol. The van der Waals surface area contributed by atoms with Crippen molar-refractivity contribution >= 4 is 34.6 Å². The molecule has 33 heavy (non-hydrogen) atoms. The van der Waals surface area contributed by atoms with E-state index in [9.17, 15) is 9.59 Å². The van der Waals surface area contributed by atoms with Crippen LogP contribution < -0.4 is 4.74 Å². The number of aryl methyl sites for hydroxylation is 1. The Labute approximate surface area is 193 Å². The molecule has 3 aromatic heterocycles. The fourth-order valence-electron chi connectivity index (χ4n) is 3.08. The molecule has 0 atom stereocenters. The second-order valence-corrected chi connectivity index (χ2v) is 7.61. The lowest BCUT2D eigenvalue weighted by atomic mass is 10.1. The number of carbonyl (C=O) groups is 2. The first-order valence-corrected chi connectivity index (χ1v) is 10.4. The summed E-state index contributed by atoms with van der Waals surface area (Å²) in [5, 5.41) is 4.91. The van der Waals surface area contributed by atoms with E-state index in [1.54, 1.807) is 50.4 Å². The summed E-state index contributed by atoms with van der Waals surface area (Å²) in [7, 11) is 1.60. The first kappa shape index (κ1) is 22.3. The van der Waals surface area contributed by atoms with Crippen LogP contribution in [0.1, 0.15) is 16.1 Å². The third-order valence-electron chi connectivity index (χ3n) is 4.87. The maximum atomic E-state index is 12.8. The molecule has 0 N–H and O–H groups in total. The standard InChI is InChI=1S/C23H20ClN3O6/c1-14-21-17(12-18(19-4-3-10-31-19)25-22(21)33-26-14)23(29)32-13-20(28)27(2)9-11-30-16-7-5-15(24)6-8-16/h3-8,10,12H,9,11,13H2,1-2H3. The number of amides is 1. The molecule has 1 amide bonds. The zero-order valence-electron chi connectivity index (χ0n) is 17.9. The van der Waals surface area contributed by atoms with Gasteiger partial charge < -0.3 is 23.3 Å². The minimum Gasteiger partial charge on any atom is -0.492 e. The average Bonchev–Trinajstić information content (AvgIpc) is 3.48. The number of benzene rings is 1. The van der Waals surface area contributed by atoms with Gasteiger partial charge in [0.15, 0.2) is 12.4 Å². The fourth-order valence-corrected chi connectivity index (χ4v) is 3.20. The van der Waals surface area contributed by atoms with E-state index < -0.39 is 12.6 Å². The molecule has 0 aliphatic carbocycles. The summed E-state index contributed by atoms with van der Waals surface area (Å²) in [5.41, 5.74) is 1.24. The molecule has 0 fully saturated rings. The Morgan fingerprint density at radius 2 is 1.97 bits per heavy atom. The van der Waals surface area contributed by atoms with Gasteiger partial charge in [0, 0.05) is 12.1 Å². The van der Waals surface area contributed by atoms with Crippen LogP contribution in [0.4, 0.5) is 0 Å². The number of esters is 1. The Hall–Kier alpha value is -3.85. The summed E-state index contributed by atoms with van der Waals surface area (Å²) < 4.78 is 21.4. The molecule has 0 radical (unpaired) electrons. The highest BCUT2D eigenvalue weighted by atomic mass is 35.5. The average molecular weight is 470 g/mol. The third-order valence-corrected chi connectivity index (χ3v) is 5.12. The van der Waals surface area contributed by atoms with Crippen molar-refractivity contribution in [2.24, 2.45) is 0 Å². The number of rotatable bonds is 8. The minimum absolute atomic E-state index is 0.177. The smallest absolute Gasteiger partial charge is 0.339 e. The number of carbonyl (C=O) groups excluding carboxylic acids is 2. The van der Waals surface area contributed by atoms with Crippen LogP contribution in [0.25, 0.3) is 22.6 Å². The van der Waals surface area contributed by atoms with Crippen LogP contribution in [-0.4, -0.2) is 53.7 Å². The SMILES string of the molecule is Cc1noc2nc(-c3ccco3)cc(C(=O)OCC(=O)N(C)CCOc3ccc(Cl)cc3)c12. The lowest BCUT2D eigenvalue weighted by molar-refractivity contribution is -0.133. The molecule has 0 bridgehead atoms. The highest BCUT2D eigenvalue weighted by Gasteiger charge is 2.22. The fraction of sp³-hybridized carbons (Fsp3) is 0.217. The molecule has 4 rings (SSSR count). The summed E-state index contributed by atoms with van der Waals surface area (Å²) in [6.45, 7) is 1.85. The van der Waals surface area contributed by atoms with Crippen molar-refractivity contribution in [1.82, 2.24) is 15.0 Å². The molecule has 10 heteroatoms. The lowest BCUT2D eigenvalue weighted by Crippen LogP contribution is -2.34. The highest BCUT2D eigenvalue weighted by Crippen LogP contribution is 2.27. The van der Waals surface area contributed by atoms with Gasteiger partial charge in [-0.2, -0.15) is 0 Å². The number of aromatic nitrogens is 2. The number of hydrogen-bond acceptors (Lipinski definition) is 8. The number of pyridine rings is 1. The number of hydrogen-bond donors (Lipinski definition) is 0. The van der Waals surface area contributed by atoms with Crippen molar-refractivity contribution in [2.75, 3.05) is 26.8 Å². The van der Waals surface area contributed by atoms with Gasteiger partial charge in [0.25, 0.3) is 11.6 Å². The number of fused-ring (bicyclic) bond motifs is 1. The van der Waals surface area contributed by atoms with E-state index in [1.807, 2.05) is 0 Å². The molecule has 4 aromatic rings. The predicted molar refractivity (Wildman–Crippen MR) is 119 cm³/mol. The number of nitrogens with zero attached hydrogens (tertiary/aromatic N) is 3. The Kier molecular flexibility index (Phi) is 6.60. The van der Waals surface area contributed by atoms with Gasteiger partial charge in [0.2, 0.25) is 0 Å². The van der Waals surface area contributed by atoms with Crippen molar-refractivity contribution in [3.8, 4) is 17.2 Å². The number of ether oxygens (including phenoxy) is 2. The van der Waals surface area contributed by atoms with Crippen LogP contribution in [0.2, 0.25) is 5.02 Å². The van der Waals surface area contributed by atoms with E-state index in [0.29, 0.717) is 39.9 Å². The topological polar surface area (TPSA) is 108 Å². The summed E-state index contributed by atoms with van der Waals surface area (Å²) in [6, 6.07) is 11.9. The van der Waals surface area contributed by atoms with Gasteiger partial charge in [-0.3, -0.25) is 4.79 Å². The van der Waals surface area contributed by atoms with E-state index in [4.69, 9.17) is 30.0 Å². The van der Waals surface area contributed by atoms with Crippen LogP contribution in [0.5, 0.6) is 5.75 Å². The van der Waals surface area contributed by atoms with Crippen molar-refractivity contribution in [1.29, 1.82) is 0 Å². The highest BCUT2D eigenvalue weighted by molar-refractivity contribution is 6.30. The van der Waals surface area contributed by atoms with Crippen molar-refractivity contribution < 1.29 is 28.0 Å². The largest absolute Gasteiger partial charge is 0.492 e. The van der Waals surface area contributed by atoms with Gasteiger partial charge in [-0.15, -0.1) is 0 Å². The summed E-state index contributed by atoms with van der Waals surface area (Å²) in [5.74, 6) is 0.0312. The quantitative estimate of drug-likeness (QED) is 0.354. The van der Waals surface area contributed by atoms with Crippen molar-refractivity contribution in [3.63, 3.8) is 0 Å². The van der Waals surface area contributed by atoms with Gasteiger partial charge >= 0.3 is 5.97 Å². The van der Waals surface area contributed by atoms with Crippen LogP contribution in [-0.2, 0) is 9.53 Å². The molecule has 0 aliphatic rings. The second-order valence-electron chi connectivity index (χ2n) is 7.17. The summed E-state index contributed by atoms with van der Waals surface area (Å²) in [4.78, 5) is 31.0. The molecule has 0 saturated heterocycles. The van der Waals surface area contributed by atoms with E-state index in [-0.39, 0.29) is 23.8 Å². The molecule has 0 aliphatic heterocycles. The third kappa shape index (κ3) is 5.15.